The van der Waals surface area contributed by atoms with Crippen LogP contribution in [0.15, 0.2) is 46.7 Å². The van der Waals surface area contributed by atoms with Crippen molar-refractivity contribution < 1.29 is 19.4 Å². The maximum Gasteiger partial charge on any atom is 0.284 e. The molecule has 1 fully saturated rings. The molecule has 1 unspecified atom stereocenters. The van der Waals surface area contributed by atoms with Crippen molar-refractivity contribution in [3.8, 4) is 0 Å². The fourth-order valence-electron chi connectivity index (χ4n) is 2.73. The molecule has 0 radical (unpaired) electrons. The molecular weight excluding hydrogens is 282 g/mol. The highest BCUT2D eigenvalue weighted by Gasteiger charge is 2.36. The normalized spacial score (nSPS) is 21.4. The maximum absolute atomic E-state index is 12.3. The van der Waals surface area contributed by atoms with E-state index in [1.165, 1.54) is 0 Å². The second-order valence-corrected chi connectivity index (χ2v) is 5.44. The van der Waals surface area contributed by atoms with Crippen LogP contribution in [0.4, 0.5) is 0 Å². The van der Waals surface area contributed by atoms with E-state index in [2.05, 4.69) is 4.99 Å². The van der Waals surface area contributed by atoms with Crippen molar-refractivity contribution in [3.63, 3.8) is 0 Å². The first-order chi connectivity index (χ1) is 10.7. The predicted octanol–water partition coefficient (Wildman–Crippen LogP) is 2.16. The van der Waals surface area contributed by atoms with Gasteiger partial charge in [0.15, 0.2) is 5.76 Å². The van der Waals surface area contributed by atoms with Crippen molar-refractivity contribution in [1.82, 2.24) is 0 Å². The van der Waals surface area contributed by atoms with Gasteiger partial charge in [-0.3, -0.25) is 9.59 Å². The van der Waals surface area contributed by atoms with E-state index >= 15 is 0 Å². The van der Waals surface area contributed by atoms with Crippen LogP contribution in [-0.4, -0.2) is 35.2 Å². The summed E-state index contributed by atoms with van der Waals surface area (Å²) in [5.41, 5.74) is 1.16. The molecule has 1 aromatic rings. The van der Waals surface area contributed by atoms with Crippen LogP contribution < -0.4 is 0 Å². The van der Waals surface area contributed by atoms with Crippen LogP contribution in [0, 0.1) is 0 Å². The molecule has 0 bridgehead atoms. The topological polar surface area (TPSA) is 76.0 Å². The number of carbonyl (C=O) groups excluding carboxylic acids is 2. The van der Waals surface area contributed by atoms with Gasteiger partial charge in [-0.05, 0) is 31.2 Å². The van der Waals surface area contributed by atoms with E-state index in [0.29, 0.717) is 25.9 Å². The Kier molecular flexibility index (Phi) is 4.15. The van der Waals surface area contributed by atoms with Gasteiger partial charge in [0.2, 0.25) is 5.78 Å². The van der Waals surface area contributed by atoms with Gasteiger partial charge < -0.3 is 9.84 Å². The molecule has 0 spiro atoms. The number of ether oxygens (including phenoxy) is 1. The van der Waals surface area contributed by atoms with E-state index in [9.17, 15) is 14.7 Å². The summed E-state index contributed by atoms with van der Waals surface area (Å²) in [5, 5.41) is 10.2. The van der Waals surface area contributed by atoms with Crippen LogP contribution in [0.1, 0.15) is 24.8 Å². The highest BCUT2D eigenvalue weighted by Crippen LogP contribution is 2.24. The second-order valence-electron chi connectivity index (χ2n) is 5.44. The largest absolute Gasteiger partial charge is 0.505 e. The number of amides is 1. The number of rotatable bonds is 5. The summed E-state index contributed by atoms with van der Waals surface area (Å²) >= 11 is 0. The number of nitrogens with zero attached hydrogens (tertiary/aromatic N) is 1. The lowest BCUT2D eigenvalue weighted by Gasteiger charge is -2.08. The van der Waals surface area contributed by atoms with E-state index in [0.717, 1.165) is 12.0 Å². The number of aliphatic imine (C=N–C) groups is 1. The SMILES string of the molecule is O=C1N=C(CCc2ccccc2)C(O)=C1C(=O)C1CCCO1. The van der Waals surface area contributed by atoms with Gasteiger partial charge in [-0.15, -0.1) is 0 Å². The number of aliphatic hydroxyl groups excluding tert-OH is 1. The molecule has 1 atom stereocenters. The van der Waals surface area contributed by atoms with Gasteiger partial charge in [0.25, 0.3) is 5.91 Å². The Balaban J connectivity index is 1.72. The molecule has 3 rings (SSSR count). The van der Waals surface area contributed by atoms with E-state index in [1.807, 2.05) is 30.3 Å². The first-order valence-electron chi connectivity index (χ1n) is 7.42. The molecule has 1 N–H and O–H groups in total. The van der Waals surface area contributed by atoms with Crippen molar-refractivity contribution >= 4 is 17.4 Å². The van der Waals surface area contributed by atoms with Crippen molar-refractivity contribution in [2.45, 2.75) is 31.8 Å². The Labute approximate surface area is 128 Å². The van der Waals surface area contributed by atoms with Crippen LogP contribution in [0.5, 0.6) is 0 Å². The Morgan fingerprint density at radius 3 is 2.73 bits per heavy atom. The van der Waals surface area contributed by atoms with Gasteiger partial charge in [0.05, 0.1) is 5.71 Å². The molecule has 2 aliphatic heterocycles. The quantitative estimate of drug-likeness (QED) is 0.845. The molecular formula is C17H17NO4. The molecule has 0 aliphatic carbocycles. The van der Waals surface area contributed by atoms with E-state index in [-0.39, 0.29) is 17.0 Å². The zero-order chi connectivity index (χ0) is 15.5. The van der Waals surface area contributed by atoms with Gasteiger partial charge in [0.1, 0.15) is 11.7 Å². The third kappa shape index (κ3) is 2.85. The summed E-state index contributed by atoms with van der Waals surface area (Å²) in [5.74, 6) is -1.37. The molecule has 0 saturated carbocycles. The van der Waals surface area contributed by atoms with Gasteiger partial charge in [-0.1, -0.05) is 30.3 Å². The predicted molar refractivity (Wildman–Crippen MR) is 80.8 cm³/mol. The van der Waals surface area contributed by atoms with Gasteiger partial charge in [0, 0.05) is 6.61 Å². The monoisotopic (exact) mass is 299 g/mol. The standard InChI is InChI=1S/C17H17NO4/c19-15-12(9-8-11-5-2-1-3-6-11)18-17(21)14(15)16(20)13-7-4-10-22-13/h1-3,5-6,13,19H,4,7-10H2. The maximum atomic E-state index is 12.3. The minimum Gasteiger partial charge on any atom is -0.505 e. The molecule has 0 aromatic heterocycles. The first kappa shape index (κ1) is 14.7. The highest BCUT2D eigenvalue weighted by molar-refractivity contribution is 6.31. The molecule has 114 valence electrons. The average Bonchev–Trinajstić information content (AvgIpc) is 3.15. The van der Waals surface area contributed by atoms with Crippen molar-refractivity contribution in [1.29, 1.82) is 0 Å². The Bertz CT molecular complexity index is 654. The van der Waals surface area contributed by atoms with Crippen LogP contribution in [-0.2, 0) is 20.7 Å². The van der Waals surface area contributed by atoms with E-state index in [4.69, 9.17) is 4.74 Å². The minimum atomic E-state index is -0.652. The minimum absolute atomic E-state index is 0.213. The number of Topliss-reactive ketones (excluding diaryl/α,β-unsaturated/α-hetero) is 1. The van der Waals surface area contributed by atoms with E-state index < -0.39 is 17.8 Å². The fourth-order valence-corrected chi connectivity index (χ4v) is 2.73. The number of benzene rings is 1. The first-order valence-corrected chi connectivity index (χ1v) is 7.42. The molecule has 5 heteroatoms. The van der Waals surface area contributed by atoms with Crippen LogP contribution in [0.25, 0.3) is 0 Å². The molecule has 1 amide bonds. The average molecular weight is 299 g/mol. The number of aryl methyl sites for hydroxylation is 1. The molecule has 1 aromatic carbocycles. The Hall–Kier alpha value is -2.27. The summed E-state index contributed by atoms with van der Waals surface area (Å²) in [7, 11) is 0. The molecule has 22 heavy (non-hydrogen) atoms. The summed E-state index contributed by atoms with van der Waals surface area (Å²) < 4.78 is 5.29. The van der Waals surface area contributed by atoms with Crippen molar-refractivity contribution in [2.24, 2.45) is 4.99 Å². The number of allylic oxidation sites excluding steroid dienone is 1. The number of hydrogen-bond acceptors (Lipinski definition) is 4. The van der Waals surface area contributed by atoms with Crippen LogP contribution in [0.2, 0.25) is 0 Å². The van der Waals surface area contributed by atoms with Gasteiger partial charge >= 0.3 is 0 Å². The Morgan fingerprint density at radius 1 is 1.27 bits per heavy atom. The number of ketones is 1. The van der Waals surface area contributed by atoms with Crippen LogP contribution in [0.3, 0.4) is 0 Å². The fraction of sp³-hybridized carbons (Fsp3) is 0.353. The summed E-state index contributed by atoms with van der Waals surface area (Å²) in [4.78, 5) is 28.0. The second kappa shape index (κ2) is 6.23. The lowest BCUT2D eigenvalue weighted by atomic mass is 10.0. The number of carbonyl (C=O) groups is 2. The third-order valence-corrected chi connectivity index (χ3v) is 3.92. The lowest BCUT2D eigenvalue weighted by molar-refractivity contribution is -0.127. The van der Waals surface area contributed by atoms with Crippen LogP contribution >= 0.6 is 0 Å². The zero-order valence-electron chi connectivity index (χ0n) is 12.1. The number of hydrogen-bond donors (Lipinski definition) is 1. The Morgan fingerprint density at radius 2 is 2.05 bits per heavy atom. The van der Waals surface area contributed by atoms with E-state index in [1.54, 1.807) is 0 Å². The van der Waals surface area contributed by atoms with Gasteiger partial charge in [-0.2, -0.15) is 0 Å². The van der Waals surface area contributed by atoms with Crippen molar-refractivity contribution in [3.05, 3.63) is 47.2 Å². The summed E-state index contributed by atoms with van der Waals surface area (Å²) in [6.07, 6.45) is 1.83. The smallest absolute Gasteiger partial charge is 0.284 e. The zero-order valence-corrected chi connectivity index (χ0v) is 12.1. The third-order valence-electron chi connectivity index (χ3n) is 3.92. The van der Waals surface area contributed by atoms with Crippen molar-refractivity contribution in [2.75, 3.05) is 6.61 Å². The lowest BCUT2D eigenvalue weighted by Crippen LogP contribution is -2.24. The summed E-state index contributed by atoms with van der Waals surface area (Å²) in [6.45, 7) is 0.514. The molecule has 1 saturated heterocycles. The summed E-state index contributed by atoms with van der Waals surface area (Å²) in [6, 6.07) is 9.72. The van der Waals surface area contributed by atoms with Gasteiger partial charge in [-0.25, -0.2) is 4.99 Å². The molecule has 2 heterocycles. The molecule has 2 aliphatic rings. The molecule has 5 nitrogen and oxygen atoms in total. The highest BCUT2D eigenvalue weighted by atomic mass is 16.5. The number of aliphatic hydroxyl groups is 1.